The van der Waals surface area contributed by atoms with Gasteiger partial charge >= 0.3 is 5.97 Å². The fraction of sp³-hybridized carbons (Fsp3) is 0.474. The molecular weight excluding hydrogens is 337 g/mol. The molecule has 4 rings (SSSR count). The molecule has 1 saturated carbocycles. The Morgan fingerprint density at radius 2 is 2.12 bits per heavy atom. The molecule has 0 spiro atoms. The van der Waals surface area contributed by atoms with Gasteiger partial charge < -0.3 is 19.9 Å². The highest BCUT2D eigenvalue weighted by molar-refractivity contribution is 5.93. The number of carbonyl (C=O) groups is 1. The smallest absolute Gasteiger partial charge is 0.341 e. The van der Waals surface area contributed by atoms with Gasteiger partial charge in [0.15, 0.2) is 0 Å². The molecule has 26 heavy (non-hydrogen) atoms. The third-order valence-corrected chi connectivity index (χ3v) is 5.29. The number of halogens is 1. The number of carboxylic acids is 1. The topological polar surface area (TPSA) is 74.6 Å². The number of pyridine rings is 1. The number of aromatic carboxylic acids is 1. The average Bonchev–Trinajstić information content (AvgIpc) is 3.34. The van der Waals surface area contributed by atoms with Crippen molar-refractivity contribution in [1.29, 1.82) is 0 Å². The van der Waals surface area contributed by atoms with Crippen LogP contribution >= 0.6 is 0 Å². The van der Waals surface area contributed by atoms with Gasteiger partial charge in [-0.2, -0.15) is 0 Å². The lowest BCUT2D eigenvalue weighted by Crippen LogP contribution is -2.32. The highest BCUT2D eigenvalue weighted by Gasteiger charge is 2.29. The van der Waals surface area contributed by atoms with Crippen molar-refractivity contribution in [3.63, 3.8) is 0 Å². The molecule has 2 N–H and O–H groups in total. The number of anilines is 1. The molecule has 2 aromatic rings. The van der Waals surface area contributed by atoms with E-state index in [2.05, 4.69) is 5.32 Å². The lowest BCUT2D eigenvalue weighted by atomic mass is 10.1. The van der Waals surface area contributed by atoms with E-state index in [4.69, 9.17) is 0 Å². The molecule has 2 aliphatic rings. The number of hydrogen-bond donors (Lipinski definition) is 2. The minimum absolute atomic E-state index is 0.139. The van der Waals surface area contributed by atoms with Crippen LogP contribution in [0.3, 0.4) is 0 Å². The van der Waals surface area contributed by atoms with Crippen LogP contribution in [0.25, 0.3) is 10.9 Å². The van der Waals surface area contributed by atoms with E-state index >= 15 is 0 Å². The van der Waals surface area contributed by atoms with Gasteiger partial charge in [-0.15, -0.1) is 0 Å². The number of rotatable bonds is 5. The number of aromatic nitrogens is 1. The summed E-state index contributed by atoms with van der Waals surface area (Å²) < 4.78 is 16.6. The highest BCUT2D eigenvalue weighted by atomic mass is 19.1. The van der Waals surface area contributed by atoms with Crippen LogP contribution < -0.4 is 15.6 Å². The minimum atomic E-state index is -1.27. The van der Waals surface area contributed by atoms with Crippen LogP contribution in [0.1, 0.15) is 42.6 Å². The predicted molar refractivity (Wildman–Crippen MR) is 97.7 cm³/mol. The van der Waals surface area contributed by atoms with E-state index in [9.17, 15) is 19.1 Å². The zero-order valence-electron chi connectivity index (χ0n) is 14.7. The van der Waals surface area contributed by atoms with Crippen molar-refractivity contribution >= 4 is 22.6 Å². The Labute approximate surface area is 150 Å². The third kappa shape index (κ3) is 2.86. The molecule has 7 heteroatoms. The van der Waals surface area contributed by atoms with Crippen molar-refractivity contribution in [3.8, 4) is 0 Å². The Morgan fingerprint density at radius 3 is 2.77 bits per heavy atom. The minimum Gasteiger partial charge on any atom is -0.477 e. The molecule has 1 aromatic heterocycles. The Bertz CT molecular complexity index is 936. The van der Waals surface area contributed by atoms with Gasteiger partial charge in [-0.05, 0) is 37.9 Å². The van der Waals surface area contributed by atoms with Crippen LogP contribution in [-0.2, 0) is 0 Å². The first kappa shape index (κ1) is 17.0. The third-order valence-electron chi connectivity index (χ3n) is 5.29. The molecule has 138 valence electrons. The second-order valence-corrected chi connectivity index (χ2v) is 7.13. The molecule has 1 aliphatic carbocycles. The first-order chi connectivity index (χ1) is 12.5. The summed E-state index contributed by atoms with van der Waals surface area (Å²) in [7, 11) is 0. The summed E-state index contributed by atoms with van der Waals surface area (Å²) in [6.07, 6.45) is 4.24. The second kappa shape index (κ2) is 6.39. The maximum atomic E-state index is 14.8. The summed E-state index contributed by atoms with van der Waals surface area (Å²) in [6, 6.07) is 3.43. The number of fused-ring (bicyclic) bond motifs is 1. The summed E-state index contributed by atoms with van der Waals surface area (Å²) >= 11 is 0. The molecule has 1 saturated heterocycles. The first-order valence-electron chi connectivity index (χ1n) is 9.09. The molecule has 0 unspecified atom stereocenters. The van der Waals surface area contributed by atoms with Crippen LogP contribution in [0, 0.1) is 5.82 Å². The van der Waals surface area contributed by atoms with Crippen molar-refractivity contribution in [1.82, 2.24) is 9.88 Å². The molecule has 0 radical (unpaired) electrons. The molecule has 0 amide bonds. The molecule has 1 aromatic carbocycles. The predicted octanol–water partition coefficient (Wildman–Crippen LogP) is 2.36. The fourth-order valence-corrected chi connectivity index (χ4v) is 3.84. The Morgan fingerprint density at radius 1 is 1.35 bits per heavy atom. The van der Waals surface area contributed by atoms with Crippen molar-refractivity contribution < 1.29 is 14.3 Å². The van der Waals surface area contributed by atoms with Gasteiger partial charge in [0, 0.05) is 36.8 Å². The monoisotopic (exact) mass is 359 g/mol. The number of benzene rings is 1. The van der Waals surface area contributed by atoms with E-state index in [0.29, 0.717) is 17.2 Å². The maximum Gasteiger partial charge on any atom is 0.341 e. The number of carboxylic acid groups (broad SMARTS) is 1. The van der Waals surface area contributed by atoms with Gasteiger partial charge in [0.25, 0.3) is 0 Å². The van der Waals surface area contributed by atoms with Gasteiger partial charge in [-0.1, -0.05) is 6.92 Å². The van der Waals surface area contributed by atoms with Crippen LogP contribution in [0.5, 0.6) is 0 Å². The van der Waals surface area contributed by atoms with Crippen molar-refractivity contribution in [2.24, 2.45) is 0 Å². The van der Waals surface area contributed by atoms with Gasteiger partial charge in [0.05, 0.1) is 11.2 Å². The molecule has 1 atom stereocenters. The summed E-state index contributed by atoms with van der Waals surface area (Å²) in [6.45, 7) is 4.39. The SMILES string of the molecule is CCN[C@H]1CCN(c2cc3c(cc2F)c(=O)c(C(=O)O)cn3C2CC2)C1. The highest BCUT2D eigenvalue weighted by Crippen LogP contribution is 2.38. The lowest BCUT2D eigenvalue weighted by molar-refractivity contribution is 0.0695. The lowest BCUT2D eigenvalue weighted by Gasteiger charge is -2.21. The number of nitrogens with one attached hydrogen (secondary N) is 1. The standard InChI is InChI=1S/C19H22FN3O3/c1-2-21-11-5-6-22(9-11)17-8-16-13(7-15(17)20)18(24)14(19(25)26)10-23(16)12-3-4-12/h7-8,10-12,21H,2-6,9H2,1H3,(H,25,26)/t11-/m0/s1. The molecule has 2 fully saturated rings. The number of hydrogen-bond acceptors (Lipinski definition) is 4. The molecular formula is C19H22FN3O3. The van der Waals surface area contributed by atoms with Crippen molar-refractivity contribution in [2.45, 2.75) is 38.3 Å². The van der Waals surface area contributed by atoms with Crippen molar-refractivity contribution in [2.75, 3.05) is 24.5 Å². The molecule has 1 aliphatic heterocycles. The van der Waals surface area contributed by atoms with Crippen LogP contribution in [0.2, 0.25) is 0 Å². The van der Waals surface area contributed by atoms with E-state index in [0.717, 1.165) is 38.9 Å². The quantitative estimate of drug-likeness (QED) is 0.857. The van der Waals surface area contributed by atoms with Crippen LogP contribution in [0.4, 0.5) is 10.1 Å². The fourth-order valence-electron chi connectivity index (χ4n) is 3.84. The largest absolute Gasteiger partial charge is 0.477 e. The van der Waals surface area contributed by atoms with Gasteiger partial charge in [0.1, 0.15) is 11.4 Å². The molecule has 6 nitrogen and oxygen atoms in total. The number of likely N-dealkylation sites (N-methyl/N-ethyl adjacent to an activating group) is 1. The zero-order valence-corrected chi connectivity index (χ0v) is 14.7. The summed E-state index contributed by atoms with van der Waals surface area (Å²) in [4.78, 5) is 25.9. The Kier molecular flexibility index (Phi) is 4.19. The van der Waals surface area contributed by atoms with Crippen molar-refractivity contribution in [3.05, 3.63) is 39.9 Å². The summed E-state index contributed by atoms with van der Waals surface area (Å²) in [5, 5.41) is 12.8. The van der Waals surface area contributed by atoms with Crippen LogP contribution in [-0.4, -0.2) is 41.3 Å². The van der Waals surface area contributed by atoms with Crippen LogP contribution in [0.15, 0.2) is 23.1 Å². The molecule has 2 heterocycles. The first-order valence-corrected chi connectivity index (χ1v) is 9.09. The maximum absolute atomic E-state index is 14.8. The van der Waals surface area contributed by atoms with E-state index in [1.165, 1.54) is 12.3 Å². The Balaban J connectivity index is 1.84. The van der Waals surface area contributed by atoms with E-state index in [1.807, 2.05) is 16.4 Å². The second-order valence-electron chi connectivity index (χ2n) is 7.13. The Hall–Kier alpha value is -2.41. The normalized spacial score (nSPS) is 20.1. The summed E-state index contributed by atoms with van der Waals surface area (Å²) in [5.41, 5.74) is 0.173. The molecule has 0 bridgehead atoms. The van der Waals surface area contributed by atoms with Gasteiger partial charge in [-0.3, -0.25) is 4.79 Å². The van der Waals surface area contributed by atoms with E-state index < -0.39 is 17.2 Å². The zero-order chi connectivity index (χ0) is 18.4. The van der Waals surface area contributed by atoms with Gasteiger partial charge in [-0.25, -0.2) is 9.18 Å². The summed E-state index contributed by atoms with van der Waals surface area (Å²) in [5.74, 6) is -1.75. The average molecular weight is 359 g/mol. The number of nitrogens with zero attached hydrogens (tertiary/aromatic N) is 2. The van der Waals surface area contributed by atoms with E-state index in [1.54, 1.807) is 6.07 Å². The van der Waals surface area contributed by atoms with E-state index in [-0.39, 0.29) is 17.0 Å². The van der Waals surface area contributed by atoms with Gasteiger partial charge in [0.2, 0.25) is 5.43 Å².